The molecule has 0 rings (SSSR count). The van der Waals surface area contributed by atoms with E-state index >= 15 is 0 Å². The molecule has 0 aliphatic carbocycles. The van der Waals surface area contributed by atoms with E-state index in [9.17, 15) is 9.59 Å². The minimum absolute atomic E-state index is 0.0112. The van der Waals surface area contributed by atoms with Crippen LogP contribution in [0.1, 0.15) is 27.7 Å². The topological polar surface area (TPSA) is 98.7 Å². The molecule has 0 saturated carbocycles. The molecule has 0 aromatic heterocycles. The molecule has 2 atom stereocenters. The molecule has 0 aliphatic rings. The smallest absolute Gasteiger partial charge is 0.320 e. The molecule has 0 amide bonds. The van der Waals surface area contributed by atoms with Crippen LogP contribution in [0, 0.1) is 11.8 Å². The lowest BCUT2D eigenvalue weighted by Crippen LogP contribution is -2.47. The van der Waals surface area contributed by atoms with Gasteiger partial charge < -0.3 is 20.8 Å². The summed E-state index contributed by atoms with van der Waals surface area (Å²) >= 11 is 0. The molecule has 0 aliphatic heterocycles. The Morgan fingerprint density at radius 1 is 0.833 bits per heavy atom. The number of carboxylic acids is 2. The zero-order valence-corrected chi connectivity index (χ0v) is 11.4. The van der Waals surface area contributed by atoms with Crippen molar-refractivity contribution < 1.29 is 19.8 Å². The van der Waals surface area contributed by atoms with Crippen LogP contribution in [0.25, 0.3) is 0 Å². The number of carboxylic acid groups (broad SMARTS) is 2. The van der Waals surface area contributed by atoms with Gasteiger partial charge in [0.05, 0.1) is 0 Å². The molecular formula is C12H24N2O4. The third-order valence-corrected chi connectivity index (χ3v) is 2.72. The second-order valence-electron chi connectivity index (χ2n) is 5.03. The lowest BCUT2D eigenvalue weighted by molar-refractivity contribution is -0.142. The van der Waals surface area contributed by atoms with Crippen molar-refractivity contribution in [2.75, 3.05) is 13.1 Å². The van der Waals surface area contributed by atoms with Gasteiger partial charge in [-0.2, -0.15) is 0 Å². The first-order valence-corrected chi connectivity index (χ1v) is 6.19. The Hall–Kier alpha value is -1.14. The van der Waals surface area contributed by atoms with Gasteiger partial charge in [0.1, 0.15) is 12.1 Å². The predicted octanol–water partition coefficient (Wildman–Crippen LogP) is 0.384. The summed E-state index contributed by atoms with van der Waals surface area (Å²) in [4.78, 5) is 21.8. The summed E-state index contributed by atoms with van der Waals surface area (Å²) in [5.41, 5.74) is 0. The van der Waals surface area contributed by atoms with Crippen LogP contribution >= 0.6 is 0 Å². The fraction of sp³-hybridized carbons (Fsp3) is 0.833. The van der Waals surface area contributed by atoms with Gasteiger partial charge >= 0.3 is 11.9 Å². The largest absolute Gasteiger partial charge is 0.480 e. The first-order chi connectivity index (χ1) is 8.27. The van der Waals surface area contributed by atoms with Crippen molar-refractivity contribution in [2.45, 2.75) is 39.8 Å². The summed E-state index contributed by atoms with van der Waals surface area (Å²) in [5, 5.41) is 23.7. The van der Waals surface area contributed by atoms with Gasteiger partial charge in [-0.25, -0.2) is 0 Å². The molecule has 0 unspecified atom stereocenters. The molecule has 18 heavy (non-hydrogen) atoms. The zero-order valence-electron chi connectivity index (χ0n) is 11.4. The van der Waals surface area contributed by atoms with Gasteiger partial charge in [0.15, 0.2) is 0 Å². The number of nitrogens with one attached hydrogen (secondary N) is 2. The van der Waals surface area contributed by atoms with Crippen molar-refractivity contribution in [3.05, 3.63) is 0 Å². The molecule has 0 aromatic rings. The molecule has 0 fully saturated rings. The number of rotatable bonds is 9. The van der Waals surface area contributed by atoms with Crippen molar-refractivity contribution in [1.82, 2.24) is 10.6 Å². The van der Waals surface area contributed by atoms with Gasteiger partial charge in [0, 0.05) is 13.1 Å². The minimum atomic E-state index is -0.886. The van der Waals surface area contributed by atoms with E-state index in [1.807, 2.05) is 27.7 Å². The van der Waals surface area contributed by atoms with E-state index < -0.39 is 24.0 Å². The Bertz CT molecular complexity index is 251. The molecule has 0 saturated heterocycles. The van der Waals surface area contributed by atoms with Gasteiger partial charge in [-0.1, -0.05) is 27.7 Å². The number of hydrogen-bond acceptors (Lipinski definition) is 4. The third-order valence-electron chi connectivity index (χ3n) is 2.72. The van der Waals surface area contributed by atoms with Crippen LogP contribution < -0.4 is 10.6 Å². The lowest BCUT2D eigenvalue weighted by atomic mass is 10.0. The fourth-order valence-corrected chi connectivity index (χ4v) is 1.67. The maximum Gasteiger partial charge on any atom is 0.320 e. The van der Waals surface area contributed by atoms with Crippen LogP contribution in [0.2, 0.25) is 0 Å². The van der Waals surface area contributed by atoms with Crippen molar-refractivity contribution in [3.63, 3.8) is 0 Å². The van der Waals surface area contributed by atoms with Crippen LogP contribution in [-0.4, -0.2) is 47.3 Å². The molecule has 106 valence electrons. The van der Waals surface area contributed by atoms with Gasteiger partial charge in [0.25, 0.3) is 0 Å². The normalized spacial score (nSPS) is 14.8. The van der Waals surface area contributed by atoms with Crippen LogP contribution in [0.15, 0.2) is 0 Å². The molecule has 0 spiro atoms. The molecule has 0 bridgehead atoms. The first-order valence-electron chi connectivity index (χ1n) is 6.19. The second kappa shape index (κ2) is 8.05. The summed E-state index contributed by atoms with van der Waals surface area (Å²) in [6, 6.07) is -1.21. The molecule has 0 aromatic carbocycles. The minimum Gasteiger partial charge on any atom is -0.480 e. The van der Waals surface area contributed by atoms with Crippen molar-refractivity contribution in [3.8, 4) is 0 Å². The first kappa shape index (κ1) is 16.9. The monoisotopic (exact) mass is 260 g/mol. The van der Waals surface area contributed by atoms with Gasteiger partial charge in [-0.15, -0.1) is 0 Å². The molecule has 4 N–H and O–H groups in total. The summed E-state index contributed by atoms with van der Waals surface area (Å²) in [6.45, 7) is 8.15. The lowest BCUT2D eigenvalue weighted by Gasteiger charge is -2.21. The van der Waals surface area contributed by atoms with Crippen molar-refractivity contribution in [1.29, 1.82) is 0 Å². The van der Waals surface area contributed by atoms with Crippen molar-refractivity contribution >= 4 is 11.9 Å². The highest BCUT2D eigenvalue weighted by molar-refractivity contribution is 5.74. The predicted molar refractivity (Wildman–Crippen MR) is 68.5 cm³/mol. The SMILES string of the molecule is CC(C)[C@H](NCCN[C@H](C(=O)O)C(C)C)C(=O)O. The third kappa shape index (κ3) is 5.97. The summed E-state index contributed by atoms with van der Waals surface area (Å²) in [5.74, 6) is -1.79. The molecule has 6 nitrogen and oxygen atoms in total. The highest BCUT2D eigenvalue weighted by atomic mass is 16.4. The molecule has 6 heteroatoms. The van der Waals surface area contributed by atoms with E-state index in [0.29, 0.717) is 13.1 Å². The van der Waals surface area contributed by atoms with E-state index in [-0.39, 0.29) is 11.8 Å². The Balaban J connectivity index is 4.04. The average Bonchev–Trinajstić information content (AvgIpc) is 2.20. The van der Waals surface area contributed by atoms with Crippen LogP contribution in [-0.2, 0) is 9.59 Å². The molecule has 0 heterocycles. The highest BCUT2D eigenvalue weighted by Crippen LogP contribution is 2.02. The van der Waals surface area contributed by atoms with Crippen LogP contribution in [0.4, 0.5) is 0 Å². The number of carbonyl (C=O) groups is 2. The summed E-state index contributed by atoms with van der Waals surface area (Å²) in [6.07, 6.45) is 0. The Morgan fingerprint density at radius 2 is 1.11 bits per heavy atom. The second-order valence-corrected chi connectivity index (χ2v) is 5.03. The maximum atomic E-state index is 10.9. The Labute approximate surface area is 108 Å². The summed E-state index contributed by atoms with van der Waals surface area (Å²) < 4.78 is 0. The van der Waals surface area contributed by atoms with Gasteiger partial charge in [-0.05, 0) is 11.8 Å². The standard InChI is InChI=1S/C12H24N2O4/c1-7(2)9(11(15)16)13-5-6-14-10(8(3)4)12(17)18/h7-10,13-14H,5-6H2,1-4H3,(H,15,16)(H,17,18)/t9-,10-/m0/s1. The zero-order chi connectivity index (χ0) is 14.3. The summed E-state index contributed by atoms with van der Waals surface area (Å²) in [7, 11) is 0. The number of hydrogen-bond donors (Lipinski definition) is 4. The van der Waals surface area contributed by atoms with E-state index in [2.05, 4.69) is 10.6 Å². The quantitative estimate of drug-likeness (QED) is 0.447. The van der Waals surface area contributed by atoms with E-state index in [4.69, 9.17) is 10.2 Å². The fourth-order valence-electron chi connectivity index (χ4n) is 1.67. The van der Waals surface area contributed by atoms with Crippen molar-refractivity contribution in [2.24, 2.45) is 11.8 Å². The molecule has 0 radical (unpaired) electrons. The van der Waals surface area contributed by atoms with Crippen LogP contribution in [0.3, 0.4) is 0 Å². The van der Waals surface area contributed by atoms with E-state index in [1.165, 1.54) is 0 Å². The van der Waals surface area contributed by atoms with E-state index in [0.717, 1.165) is 0 Å². The van der Waals surface area contributed by atoms with E-state index in [1.54, 1.807) is 0 Å². The van der Waals surface area contributed by atoms with Gasteiger partial charge in [-0.3, -0.25) is 9.59 Å². The maximum absolute atomic E-state index is 10.9. The number of aliphatic carboxylic acids is 2. The van der Waals surface area contributed by atoms with Gasteiger partial charge in [0.2, 0.25) is 0 Å². The molecular weight excluding hydrogens is 236 g/mol. The van der Waals surface area contributed by atoms with Crippen LogP contribution in [0.5, 0.6) is 0 Å². The Kier molecular flexibility index (Phi) is 7.54. The Morgan fingerprint density at radius 3 is 1.28 bits per heavy atom. The highest BCUT2D eigenvalue weighted by Gasteiger charge is 2.22. The average molecular weight is 260 g/mol.